The molecule has 3 aromatic rings. The van der Waals surface area contributed by atoms with Crippen molar-refractivity contribution in [3.8, 4) is 0 Å². The highest BCUT2D eigenvalue weighted by Crippen LogP contribution is 2.59. The normalized spacial score (nSPS) is 25.3. The largest absolute Gasteiger partial charge is 0.467 e. The lowest BCUT2D eigenvalue weighted by Crippen LogP contribution is -2.54. The quantitative estimate of drug-likeness (QED) is 0.487. The predicted molar refractivity (Wildman–Crippen MR) is 129 cm³/mol. The van der Waals surface area contributed by atoms with Gasteiger partial charge in [-0.1, -0.05) is 38.5 Å². The molecule has 0 N–H and O–H groups in total. The van der Waals surface area contributed by atoms with E-state index in [0.29, 0.717) is 18.7 Å². The lowest BCUT2D eigenvalue weighted by Gasteiger charge is -2.36. The first-order valence-electron chi connectivity index (χ1n) is 12.1. The van der Waals surface area contributed by atoms with Crippen LogP contribution in [0.4, 0.5) is 0 Å². The zero-order chi connectivity index (χ0) is 24.0. The molecule has 2 aromatic heterocycles. The number of rotatable bonds is 6. The van der Waals surface area contributed by atoms with Crippen molar-refractivity contribution < 1.29 is 18.7 Å². The number of amides is 1. The van der Waals surface area contributed by atoms with Crippen LogP contribution in [-0.4, -0.2) is 40.5 Å². The molecule has 1 aliphatic carbocycles. The van der Waals surface area contributed by atoms with E-state index in [4.69, 9.17) is 9.15 Å². The van der Waals surface area contributed by atoms with Crippen molar-refractivity contribution in [1.29, 1.82) is 0 Å². The number of ether oxygens (including phenoxy) is 1. The second-order valence-electron chi connectivity index (χ2n) is 9.74. The van der Waals surface area contributed by atoms with Crippen molar-refractivity contribution in [3.63, 3.8) is 0 Å². The number of nitrogens with zero attached hydrogens (tertiary/aromatic N) is 2. The Balaban J connectivity index is 1.62. The molecular weight excluding hydrogens is 428 g/mol. The van der Waals surface area contributed by atoms with Crippen LogP contribution in [0, 0.1) is 5.92 Å². The van der Waals surface area contributed by atoms with E-state index >= 15 is 0 Å². The molecule has 178 valence electrons. The molecule has 0 bridgehead atoms. The number of aryl methyl sites for hydroxylation is 1. The summed E-state index contributed by atoms with van der Waals surface area (Å²) >= 11 is 0. The van der Waals surface area contributed by atoms with Crippen molar-refractivity contribution >= 4 is 11.9 Å². The van der Waals surface area contributed by atoms with E-state index in [-0.39, 0.29) is 29.6 Å². The number of esters is 1. The first-order chi connectivity index (χ1) is 16.4. The van der Waals surface area contributed by atoms with Crippen LogP contribution >= 0.6 is 0 Å². The van der Waals surface area contributed by atoms with Crippen LogP contribution in [0.2, 0.25) is 0 Å². The molecule has 4 atom stereocenters. The second-order valence-corrected chi connectivity index (χ2v) is 9.74. The molecule has 0 saturated carbocycles. The van der Waals surface area contributed by atoms with Crippen molar-refractivity contribution in [2.75, 3.05) is 13.7 Å². The Kier molecular flexibility index (Phi) is 5.62. The van der Waals surface area contributed by atoms with E-state index in [1.54, 1.807) is 11.2 Å². The molecule has 1 amide bonds. The van der Waals surface area contributed by atoms with E-state index in [0.717, 1.165) is 18.6 Å². The SMILES string of the molecule is CCCc1cc2c(n1Cc1ccco1)C(C)[C@@H]1CN(C(=O)c3ccccc3)[C@@](C)(C(=O)OC)[C@H]21. The number of hydrogen-bond acceptors (Lipinski definition) is 4. The molecule has 6 heteroatoms. The Hall–Kier alpha value is -3.28. The number of carbonyl (C=O) groups is 2. The number of aromatic nitrogens is 1. The summed E-state index contributed by atoms with van der Waals surface area (Å²) in [6.45, 7) is 7.48. The molecular formula is C28H32N2O4. The van der Waals surface area contributed by atoms with Crippen molar-refractivity contribution in [3.05, 3.63) is 83.1 Å². The van der Waals surface area contributed by atoms with Crippen LogP contribution in [0.3, 0.4) is 0 Å². The van der Waals surface area contributed by atoms with Gasteiger partial charge in [-0.05, 0) is 55.2 Å². The minimum atomic E-state index is -1.08. The number of fused-ring (bicyclic) bond motifs is 3. The fourth-order valence-electron chi connectivity index (χ4n) is 6.36. The highest BCUT2D eigenvalue weighted by Gasteiger charge is 2.63. The molecule has 5 rings (SSSR count). The minimum absolute atomic E-state index is 0.119. The molecule has 3 heterocycles. The Morgan fingerprint density at radius 1 is 1.18 bits per heavy atom. The maximum absolute atomic E-state index is 13.6. The average molecular weight is 461 g/mol. The zero-order valence-corrected chi connectivity index (χ0v) is 20.3. The summed E-state index contributed by atoms with van der Waals surface area (Å²) < 4.78 is 13.4. The maximum atomic E-state index is 13.6. The van der Waals surface area contributed by atoms with Crippen LogP contribution in [-0.2, 0) is 22.5 Å². The van der Waals surface area contributed by atoms with Crippen LogP contribution in [0.25, 0.3) is 0 Å². The standard InChI is InChI=1S/C28H32N2O4/c1-5-10-20-15-22-24-23(18(2)25(22)29(20)16-21-13-9-14-34-21)17-30(28(24,3)27(32)33-4)26(31)19-11-7-6-8-12-19/h6-9,11-15,18,23-24H,5,10,16-17H2,1-4H3/t18?,23-,24+,28+/m0/s1. The first-order valence-corrected chi connectivity index (χ1v) is 12.1. The molecule has 34 heavy (non-hydrogen) atoms. The highest BCUT2D eigenvalue weighted by molar-refractivity contribution is 5.99. The van der Waals surface area contributed by atoms with E-state index in [9.17, 15) is 9.59 Å². The summed E-state index contributed by atoms with van der Waals surface area (Å²) in [5.41, 5.74) is 3.19. The summed E-state index contributed by atoms with van der Waals surface area (Å²) in [4.78, 5) is 28.8. The van der Waals surface area contributed by atoms with Gasteiger partial charge in [-0.2, -0.15) is 0 Å². The van der Waals surface area contributed by atoms with Crippen LogP contribution < -0.4 is 0 Å². The molecule has 1 saturated heterocycles. The molecule has 1 aromatic carbocycles. The summed E-state index contributed by atoms with van der Waals surface area (Å²) in [6.07, 6.45) is 3.67. The minimum Gasteiger partial charge on any atom is -0.467 e. The van der Waals surface area contributed by atoms with Gasteiger partial charge in [0.25, 0.3) is 5.91 Å². The Labute approximate surface area is 200 Å². The van der Waals surface area contributed by atoms with Gasteiger partial charge in [0, 0.05) is 35.3 Å². The summed E-state index contributed by atoms with van der Waals surface area (Å²) in [6, 6.07) is 15.4. The maximum Gasteiger partial charge on any atom is 0.332 e. The molecule has 2 aliphatic rings. The Bertz CT molecular complexity index is 1200. The number of carbonyl (C=O) groups excluding carboxylic acids is 2. The molecule has 0 spiro atoms. The lowest BCUT2D eigenvalue weighted by atomic mass is 9.78. The highest BCUT2D eigenvalue weighted by atomic mass is 16.5. The number of likely N-dealkylation sites (tertiary alicyclic amines) is 1. The monoisotopic (exact) mass is 460 g/mol. The number of furan rings is 1. The molecule has 1 aliphatic heterocycles. The number of hydrogen-bond donors (Lipinski definition) is 0. The fraction of sp³-hybridized carbons (Fsp3) is 0.429. The average Bonchev–Trinajstić information content (AvgIpc) is 3.60. The van der Waals surface area contributed by atoms with Gasteiger partial charge < -0.3 is 18.6 Å². The van der Waals surface area contributed by atoms with E-state index < -0.39 is 5.54 Å². The van der Waals surface area contributed by atoms with Crippen LogP contribution in [0.15, 0.2) is 59.2 Å². The van der Waals surface area contributed by atoms with Gasteiger partial charge in [-0.25, -0.2) is 4.79 Å². The van der Waals surface area contributed by atoms with E-state index in [1.165, 1.54) is 24.1 Å². The number of methoxy groups -OCH3 is 1. The van der Waals surface area contributed by atoms with E-state index in [1.807, 2.05) is 49.4 Å². The molecule has 6 nitrogen and oxygen atoms in total. The topological polar surface area (TPSA) is 64.7 Å². The fourth-order valence-corrected chi connectivity index (χ4v) is 6.36. The van der Waals surface area contributed by atoms with Gasteiger partial charge in [-0.15, -0.1) is 0 Å². The lowest BCUT2D eigenvalue weighted by molar-refractivity contribution is -0.151. The van der Waals surface area contributed by atoms with Gasteiger partial charge >= 0.3 is 5.97 Å². The van der Waals surface area contributed by atoms with Gasteiger partial charge in [0.05, 0.1) is 19.9 Å². The van der Waals surface area contributed by atoms with Crippen molar-refractivity contribution in [1.82, 2.24) is 9.47 Å². The predicted octanol–water partition coefficient (Wildman–Crippen LogP) is 4.99. The third-order valence-electron chi connectivity index (χ3n) is 7.92. The first kappa shape index (κ1) is 22.5. The summed E-state index contributed by atoms with van der Waals surface area (Å²) in [5.74, 6) is 0.640. The molecule has 1 unspecified atom stereocenters. The van der Waals surface area contributed by atoms with Crippen molar-refractivity contribution in [2.24, 2.45) is 5.92 Å². The Morgan fingerprint density at radius 2 is 1.94 bits per heavy atom. The zero-order valence-electron chi connectivity index (χ0n) is 20.3. The van der Waals surface area contributed by atoms with Crippen molar-refractivity contribution in [2.45, 2.75) is 57.5 Å². The summed E-state index contributed by atoms with van der Waals surface area (Å²) in [7, 11) is 1.41. The number of benzene rings is 1. The smallest absolute Gasteiger partial charge is 0.332 e. The summed E-state index contributed by atoms with van der Waals surface area (Å²) in [5, 5.41) is 0. The molecule has 1 fully saturated rings. The van der Waals surface area contributed by atoms with Crippen LogP contribution in [0.5, 0.6) is 0 Å². The van der Waals surface area contributed by atoms with Gasteiger partial charge in [0.2, 0.25) is 0 Å². The van der Waals surface area contributed by atoms with Gasteiger partial charge in [0.15, 0.2) is 0 Å². The third-order valence-corrected chi connectivity index (χ3v) is 7.92. The van der Waals surface area contributed by atoms with Gasteiger partial charge in [-0.3, -0.25) is 4.79 Å². The molecule has 0 radical (unpaired) electrons. The third kappa shape index (κ3) is 3.23. The van der Waals surface area contributed by atoms with Gasteiger partial charge in [0.1, 0.15) is 11.3 Å². The second kappa shape index (κ2) is 8.49. The van der Waals surface area contributed by atoms with E-state index in [2.05, 4.69) is 24.5 Å². The Morgan fingerprint density at radius 3 is 2.59 bits per heavy atom. The van der Waals surface area contributed by atoms with Crippen LogP contribution in [0.1, 0.15) is 72.1 Å².